The molecule has 1 heterocycles. The lowest BCUT2D eigenvalue weighted by Crippen LogP contribution is -2.52. The van der Waals surface area contributed by atoms with Gasteiger partial charge in [0.1, 0.15) is 5.57 Å². The Morgan fingerprint density at radius 3 is 2.54 bits per heavy atom. The van der Waals surface area contributed by atoms with Crippen molar-refractivity contribution in [3.63, 3.8) is 0 Å². The highest BCUT2D eigenvalue weighted by atomic mass is 35.5. The van der Waals surface area contributed by atoms with Gasteiger partial charge in [0.15, 0.2) is 16.6 Å². The summed E-state index contributed by atoms with van der Waals surface area (Å²) in [5.74, 6) is -0.148. The van der Waals surface area contributed by atoms with Crippen LogP contribution in [0.1, 0.15) is 19.4 Å². The summed E-state index contributed by atoms with van der Waals surface area (Å²) >= 11 is 11.2. The molecule has 1 fully saturated rings. The number of hydrogen-bond acceptors (Lipinski definition) is 5. The van der Waals surface area contributed by atoms with Crippen LogP contribution in [0.3, 0.4) is 0 Å². The Balaban J connectivity index is 2.46. The fourth-order valence-corrected chi connectivity index (χ4v) is 2.58. The first-order valence-corrected chi connectivity index (χ1v) is 8.11. The summed E-state index contributed by atoms with van der Waals surface area (Å²) in [5, 5.41) is 2.86. The number of ether oxygens (including phenoxy) is 2. The number of thiocarbonyl (C=S) groups is 1. The molecular formula is C16H17ClN2O4S. The number of nitrogens with one attached hydrogen (secondary N) is 1. The molecule has 6 nitrogen and oxygen atoms in total. The van der Waals surface area contributed by atoms with Gasteiger partial charge in [-0.15, -0.1) is 0 Å². The fraction of sp³-hybridized carbons (Fsp3) is 0.312. The smallest absolute Gasteiger partial charge is 0.265 e. The molecule has 128 valence electrons. The molecule has 1 aliphatic rings. The van der Waals surface area contributed by atoms with E-state index in [1.807, 2.05) is 13.8 Å². The van der Waals surface area contributed by atoms with Gasteiger partial charge in [-0.3, -0.25) is 19.8 Å². The Morgan fingerprint density at radius 1 is 1.25 bits per heavy atom. The molecule has 2 amide bonds. The summed E-state index contributed by atoms with van der Waals surface area (Å²) in [6, 6.07) is 3.27. The topological polar surface area (TPSA) is 67.9 Å². The normalized spacial score (nSPS) is 16.4. The molecule has 1 aromatic carbocycles. The zero-order valence-electron chi connectivity index (χ0n) is 13.5. The van der Waals surface area contributed by atoms with Crippen LogP contribution in [0.4, 0.5) is 0 Å². The third-order valence-electron chi connectivity index (χ3n) is 3.24. The highest BCUT2D eigenvalue weighted by Gasteiger charge is 2.30. The number of nitrogens with zero attached hydrogens (tertiary/aromatic N) is 1. The quantitative estimate of drug-likeness (QED) is 0.491. The molecule has 24 heavy (non-hydrogen) atoms. The van der Waals surface area contributed by atoms with E-state index in [0.717, 1.165) is 0 Å². The molecule has 8 heteroatoms. The van der Waals surface area contributed by atoms with Gasteiger partial charge in [-0.2, -0.15) is 0 Å². The molecule has 0 aromatic heterocycles. The maximum absolute atomic E-state index is 12.2. The fourth-order valence-electron chi connectivity index (χ4n) is 2.13. The number of carbonyl (C=O) groups is 2. The van der Waals surface area contributed by atoms with Gasteiger partial charge in [0.05, 0.1) is 18.2 Å². The average molecular weight is 369 g/mol. The van der Waals surface area contributed by atoms with Gasteiger partial charge in [-0.05, 0) is 49.8 Å². The summed E-state index contributed by atoms with van der Waals surface area (Å²) in [6.07, 6.45) is 1.44. The summed E-state index contributed by atoms with van der Waals surface area (Å²) in [5.41, 5.74) is 0.514. The molecule has 0 aliphatic carbocycles. The lowest BCUT2D eigenvalue weighted by Gasteiger charge is -2.25. The third kappa shape index (κ3) is 3.68. The van der Waals surface area contributed by atoms with Crippen LogP contribution in [0.5, 0.6) is 11.5 Å². The van der Waals surface area contributed by atoms with E-state index in [4.69, 9.17) is 33.3 Å². The molecular weight excluding hydrogens is 352 g/mol. The molecule has 1 aliphatic heterocycles. The lowest BCUT2D eigenvalue weighted by molar-refractivity contribution is -0.128. The predicted octanol–water partition coefficient (Wildman–Crippen LogP) is 2.39. The maximum Gasteiger partial charge on any atom is 0.265 e. The van der Waals surface area contributed by atoms with Gasteiger partial charge in [-0.25, -0.2) is 0 Å². The summed E-state index contributed by atoms with van der Waals surface area (Å²) in [4.78, 5) is 25.5. The van der Waals surface area contributed by atoms with E-state index >= 15 is 0 Å². The maximum atomic E-state index is 12.2. The Hall–Kier alpha value is -2.12. The molecule has 0 spiro atoms. The second kappa shape index (κ2) is 7.63. The Bertz CT molecular complexity index is 733. The number of hydrogen-bond donors (Lipinski definition) is 1. The van der Waals surface area contributed by atoms with Gasteiger partial charge in [-0.1, -0.05) is 11.6 Å². The van der Waals surface area contributed by atoms with Crippen LogP contribution in [0.25, 0.3) is 6.08 Å². The Labute approximate surface area is 150 Å². The zero-order valence-corrected chi connectivity index (χ0v) is 15.1. The van der Waals surface area contributed by atoms with Crippen molar-refractivity contribution in [3.8, 4) is 11.5 Å². The van der Waals surface area contributed by atoms with Crippen LogP contribution < -0.4 is 14.8 Å². The number of likely N-dealkylation sites (N-methyl/N-ethyl adjacent to an activating group) is 1. The highest BCUT2D eigenvalue weighted by Crippen LogP contribution is 2.37. The minimum absolute atomic E-state index is 0.0335. The molecule has 0 saturated carbocycles. The van der Waals surface area contributed by atoms with Crippen LogP contribution in [0.2, 0.25) is 5.02 Å². The molecule has 1 aromatic rings. The van der Waals surface area contributed by atoms with Gasteiger partial charge in [0, 0.05) is 7.05 Å². The third-order valence-corrected chi connectivity index (χ3v) is 3.89. The van der Waals surface area contributed by atoms with Crippen LogP contribution in [0, 0.1) is 0 Å². The van der Waals surface area contributed by atoms with Crippen LogP contribution in [-0.4, -0.2) is 42.1 Å². The number of halogens is 1. The van der Waals surface area contributed by atoms with Gasteiger partial charge in [0.25, 0.3) is 11.8 Å². The Kier molecular flexibility index (Phi) is 5.80. The van der Waals surface area contributed by atoms with Crippen LogP contribution >= 0.6 is 23.8 Å². The predicted molar refractivity (Wildman–Crippen MR) is 95.3 cm³/mol. The first kappa shape index (κ1) is 18.2. The van der Waals surface area contributed by atoms with Crippen molar-refractivity contribution in [1.29, 1.82) is 0 Å². The van der Waals surface area contributed by atoms with E-state index in [9.17, 15) is 9.59 Å². The van der Waals surface area contributed by atoms with E-state index in [2.05, 4.69) is 5.32 Å². The molecule has 0 atom stereocenters. The molecule has 0 radical (unpaired) electrons. The minimum Gasteiger partial charge on any atom is -0.490 e. The first-order chi connectivity index (χ1) is 11.4. The standard InChI is InChI=1S/C16H17ClN2O4S/c1-4-22-12-8-9(7-11(17)13(12)23-5-2)6-10-14(20)18-16(24)19(3)15(10)21/h6-8H,4-5H2,1-3H3,(H,18,20,24)/b10-6+. The van der Waals surface area contributed by atoms with Crippen molar-refractivity contribution in [1.82, 2.24) is 10.2 Å². The Morgan fingerprint density at radius 2 is 1.92 bits per heavy atom. The summed E-state index contributed by atoms with van der Waals surface area (Å²) in [7, 11) is 1.49. The monoisotopic (exact) mass is 368 g/mol. The van der Waals surface area contributed by atoms with E-state index in [-0.39, 0.29) is 10.7 Å². The van der Waals surface area contributed by atoms with E-state index in [1.54, 1.807) is 12.1 Å². The average Bonchev–Trinajstić information content (AvgIpc) is 2.53. The second-order valence-corrected chi connectivity index (χ2v) is 5.67. The molecule has 0 bridgehead atoms. The lowest BCUT2D eigenvalue weighted by atomic mass is 10.1. The van der Waals surface area contributed by atoms with Gasteiger partial charge >= 0.3 is 0 Å². The summed E-state index contributed by atoms with van der Waals surface area (Å²) < 4.78 is 11.0. The van der Waals surface area contributed by atoms with Crippen molar-refractivity contribution >= 4 is 46.8 Å². The largest absolute Gasteiger partial charge is 0.490 e. The van der Waals surface area contributed by atoms with Crippen LogP contribution in [-0.2, 0) is 9.59 Å². The van der Waals surface area contributed by atoms with Crippen LogP contribution in [0.15, 0.2) is 17.7 Å². The van der Waals surface area contributed by atoms with Crippen molar-refractivity contribution in [3.05, 3.63) is 28.3 Å². The molecule has 1 N–H and O–H groups in total. The van der Waals surface area contributed by atoms with Crippen molar-refractivity contribution in [2.75, 3.05) is 20.3 Å². The van der Waals surface area contributed by atoms with E-state index in [0.29, 0.717) is 35.3 Å². The van der Waals surface area contributed by atoms with Gasteiger partial charge < -0.3 is 9.47 Å². The molecule has 0 unspecified atom stereocenters. The number of benzene rings is 1. The van der Waals surface area contributed by atoms with Gasteiger partial charge in [0.2, 0.25) is 0 Å². The number of rotatable bonds is 5. The zero-order chi connectivity index (χ0) is 17.9. The van der Waals surface area contributed by atoms with E-state index < -0.39 is 11.8 Å². The highest BCUT2D eigenvalue weighted by molar-refractivity contribution is 7.80. The molecule has 1 saturated heterocycles. The number of amides is 2. The minimum atomic E-state index is -0.550. The SMILES string of the molecule is CCOc1cc(/C=C2\C(=O)NC(=S)N(C)C2=O)cc(Cl)c1OCC. The molecule has 2 rings (SSSR count). The van der Waals surface area contributed by atoms with Crippen molar-refractivity contribution < 1.29 is 19.1 Å². The van der Waals surface area contributed by atoms with E-state index in [1.165, 1.54) is 18.0 Å². The first-order valence-electron chi connectivity index (χ1n) is 7.33. The van der Waals surface area contributed by atoms with Crippen molar-refractivity contribution in [2.24, 2.45) is 0 Å². The number of carbonyl (C=O) groups excluding carboxylic acids is 2. The second-order valence-electron chi connectivity index (χ2n) is 4.88. The van der Waals surface area contributed by atoms with Crippen molar-refractivity contribution in [2.45, 2.75) is 13.8 Å². The summed E-state index contributed by atoms with van der Waals surface area (Å²) in [6.45, 7) is 4.53.